The molecule has 3 heterocycles. The molecule has 0 bridgehead atoms. The normalized spacial score (nSPS) is 26.4. The molecule has 4 nitrogen and oxygen atoms in total. The van der Waals surface area contributed by atoms with Gasteiger partial charge >= 0.3 is 0 Å². The summed E-state index contributed by atoms with van der Waals surface area (Å²) in [6.45, 7) is 15.7. The molecule has 4 aliphatic rings. The second kappa shape index (κ2) is 7.38. The molecule has 174 valence electrons. The Morgan fingerprint density at radius 3 is 2.47 bits per heavy atom. The molecule has 1 aromatic carbocycles. The van der Waals surface area contributed by atoms with Gasteiger partial charge in [0.2, 0.25) is 0 Å². The molecule has 0 saturated heterocycles. The summed E-state index contributed by atoms with van der Waals surface area (Å²) in [5.41, 5.74) is 6.52. The van der Waals surface area contributed by atoms with Gasteiger partial charge in [-0.05, 0) is 76.6 Å². The highest BCUT2D eigenvalue weighted by Gasteiger charge is 2.57. The minimum absolute atomic E-state index is 0.101. The van der Waals surface area contributed by atoms with Gasteiger partial charge in [-0.2, -0.15) is 10.5 Å². The molecule has 2 atom stereocenters. The van der Waals surface area contributed by atoms with Crippen molar-refractivity contribution in [1.29, 1.82) is 10.5 Å². The molecule has 1 aromatic rings. The second-order valence-corrected chi connectivity index (χ2v) is 12.2. The number of allylic oxidation sites excluding steroid dienone is 6. The van der Waals surface area contributed by atoms with Gasteiger partial charge in [0.05, 0.1) is 0 Å². The lowest BCUT2D eigenvalue weighted by molar-refractivity contribution is 0.223. The Kier molecular flexibility index (Phi) is 4.89. The van der Waals surface area contributed by atoms with E-state index in [1.807, 2.05) is 24.3 Å². The van der Waals surface area contributed by atoms with Gasteiger partial charge < -0.3 is 9.64 Å². The summed E-state index contributed by atoms with van der Waals surface area (Å²) in [5.74, 6) is 2.16. The largest absolute Gasteiger partial charge is 0.461 e. The second-order valence-electron chi connectivity index (χ2n) is 12.2. The molecule has 1 unspecified atom stereocenters. The minimum atomic E-state index is -0.242. The summed E-state index contributed by atoms with van der Waals surface area (Å²) < 4.78 is 6.20. The lowest BCUT2D eigenvalue weighted by Gasteiger charge is -2.45. The van der Waals surface area contributed by atoms with E-state index in [9.17, 15) is 10.5 Å². The van der Waals surface area contributed by atoms with Crippen LogP contribution in [0.1, 0.15) is 71.1 Å². The number of nitrogens with zero attached hydrogens (tertiary/aromatic N) is 3. The van der Waals surface area contributed by atoms with Crippen LogP contribution in [0.15, 0.2) is 53.0 Å². The summed E-state index contributed by atoms with van der Waals surface area (Å²) >= 11 is 0. The molecule has 3 aliphatic heterocycles. The van der Waals surface area contributed by atoms with Crippen molar-refractivity contribution in [3.05, 3.63) is 69.7 Å². The third-order valence-corrected chi connectivity index (χ3v) is 8.16. The Hall–Kier alpha value is -3.24. The lowest BCUT2D eigenvalue weighted by Crippen LogP contribution is -2.42. The molecular weight excluding hydrogens is 418 g/mol. The van der Waals surface area contributed by atoms with Gasteiger partial charge in [-0.3, -0.25) is 0 Å². The maximum atomic E-state index is 9.41. The Bertz CT molecular complexity index is 1240. The topological polar surface area (TPSA) is 60.0 Å². The Morgan fingerprint density at radius 2 is 1.79 bits per heavy atom. The van der Waals surface area contributed by atoms with Crippen LogP contribution in [0, 0.1) is 34.0 Å². The number of rotatable bonds is 2. The van der Waals surface area contributed by atoms with E-state index in [0.717, 1.165) is 18.2 Å². The van der Waals surface area contributed by atoms with Crippen LogP contribution in [0.3, 0.4) is 0 Å². The molecule has 5 rings (SSSR count). The predicted octanol–water partition coefficient (Wildman–Crippen LogP) is 6.67. The molecule has 1 aliphatic carbocycles. The van der Waals surface area contributed by atoms with E-state index < -0.39 is 0 Å². The van der Waals surface area contributed by atoms with Crippen molar-refractivity contribution in [3.8, 4) is 12.1 Å². The van der Waals surface area contributed by atoms with Crippen LogP contribution in [-0.2, 0) is 15.6 Å². The van der Waals surface area contributed by atoms with Crippen molar-refractivity contribution in [2.45, 2.75) is 65.2 Å². The quantitative estimate of drug-likeness (QED) is 0.471. The summed E-state index contributed by atoms with van der Waals surface area (Å²) in [6.07, 6.45) is 10.1. The third-order valence-electron chi connectivity index (χ3n) is 8.16. The first-order valence-corrected chi connectivity index (χ1v) is 12.2. The zero-order chi connectivity index (χ0) is 24.5. The van der Waals surface area contributed by atoms with Gasteiger partial charge in [0.15, 0.2) is 0 Å². The Morgan fingerprint density at radius 1 is 1.09 bits per heavy atom. The molecule has 4 heteroatoms. The van der Waals surface area contributed by atoms with Gasteiger partial charge in [0.25, 0.3) is 0 Å². The van der Waals surface area contributed by atoms with E-state index in [0.29, 0.717) is 16.7 Å². The molecule has 34 heavy (non-hydrogen) atoms. The van der Waals surface area contributed by atoms with Gasteiger partial charge in [0, 0.05) is 29.8 Å². The predicted molar refractivity (Wildman–Crippen MR) is 136 cm³/mol. The summed E-state index contributed by atoms with van der Waals surface area (Å²) in [4.78, 5) is 2.62. The van der Waals surface area contributed by atoms with E-state index in [2.05, 4.69) is 64.7 Å². The molecule has 1 fully saturated rings. The molecule has 0 amide bonds. The number of benzene rings is 1. The summed E-state index contributed by atoms with van der Waals surface area (Å²) in [7, 11) is 0. The van der Waals surface area contributed by atoms with Gasteiger partial charge in [-0.1, -0.05) is 47.6 Å². The van der Waals surface area contributed by atoms with Gasteiger partial charge in [-0.15, -0.1) is 0 Å². The van der Waals surface area contributed by atoms with Crippen molar-refractivity contribution in [3.63, 3.8) is 0 Å². The van der Waals surface area contributed by atoms with E-state index in [1.165, 1.54) is 41.8 Å². The molecule has 0 N–H and O–H groups in total. The first-order valence-electron chi connectivity index (χ1n) is 12.2. The average Bonchev–Trinajstić information content (AvgIpc) is 3.46. The molecule has 0 radical (unpaired) electrons. The zero-order valence-corrected chi connectivity index (χ0v) is 21.1. The SMILES string of the molecule is CC(C)(C)C1=CC(=C(C#N)C#N)C=C(/C=C/c2cc3c4c(c2)[C@]2(C)CC2CN4CCC3(C)C)O1. The van der Waals surface area contributed by atoms with Gasteiger partial charge in [-0.25, -0.2) is 0 Å². The first kappa shape index (κ1) is 22.5. The van der Waals surface area contributed by atoms with E-state index in [4.69, 9.17) is 4.74 Å². The van der Waals surface area contributed by atoms with Crippen molar-refractivity contribution in [2.75, 3.05) is 18.0 Å². The maximum Gasteiger partial charge on any atom is 0.137 e. The van der Waals surface area contributed by atoms with Crippen molar-refractivity contribution < 1.29 is 4.74 Å². The number of anilines is 1. The lowest BCUT2D eigenvalue weighted by atomic mass is 9.73. The van der Waals surface area contributed by atoms with Crippen LogP contribution in [0.25, 0.3) is 6.08 Å². The molecule has 0 aromatic heterocycles. The Balaban J connectivity index is 1.56. The van der Waals surface area contributed by atoms with Gasteiger partial charge in [0.1, 0.15) is 29.2 Å². The summed E-state index contributed by atoms with van der Waals surface area (Å²) in [5, 5.41) is 18.8. The van der Waals surface area contributed by atoms with E-state index >= 15 is 0 Å². The van der Waals surface area contributed by atoms with Crippen molar-refractivity contribution in [1.82, 2.24) is 0 Å². The van der Waals surface area contributed by atoms with Crippen LogP contribution < -0.4 is 4.90 Å². The molecule has 0 spiro atoms. The molecular formula is C30H33N3O. The fraction of sp³-hybridized carbons (Fsp3) is 0.467. The monoisotopic (exact) mass is 451 g/mol. The van der Waals surface area contributed by atoms with Crippen LogP contribution in [0.2, 0.25) is 0 Å². The molecule has 1 saturated carbocycles. The van der Waals surface area contributed by atoms with E-state index in [-0.39, 0.29) is 16.4 Å². The fourth-order valence-corrected chi connectivity index (χ4v) is 5.65. The van der Waals surface area contributed by atoms with Crippen molar-refractivity contribution >= 4 is 11.8 Å². The van der Waals surface area contributed by atoms with Crippen LogP contribution in [-0.4, -0.2) is 13.1 Å². The first-order chi connectivity index (χ1) is 16.0. The van der Waals surface area contributed by atoms with Crippen LogP contribution >= 0.6 is 0 Å². The minimum Gasteiger partial charge on any atom is -0.461 e. The maximum absolute atomic E-state index is 9.41. The smallest absolute Gasteiger partial charge is 0.137 e. The number of hydrogen-bond donors (Lipinski definition) is 0. The Labute approximate surface area is 203 Å². The number of fused-ring (bicyclic) bond motifs is 2. The fourth-order valence-electron chi connectivity index (χ4n) is 5.65. The summed E-state index contributed by atoms with van der Waals surface area (Å²) in [6, 6.07) is 8.76. The number of hydrogen-bond acceptors (Lipinski definition) is 4. The average molecular weight is 452 g/mol. The number of nitriles is 2. The highest BCUT2D eigenvalue weighted by molar-refractivity contribution is 5.74. The third kappa shape index (κ3) is 3.57. The van der Waals surface area contributed by atoms with Crippen LogP contribution in [0.4, 0.5) is 5.69 Å². The standard InChI is InChI=1S/C30H33N3O/c1-28(2,3)26-14-20(21(16-31)17-32)13-23(34-26)8-7-19-11-24-27-25(12-19)30(6)15-22(30)18-33(27)10-9-29(24,4)5/h7-8,11-14,22H,9-10,15,18H2,1-6H3/b8-7+/t22?,30-/m1/s1. The van der Waals surface area contributed by atoms with E-state index in [1.54, 1.807) is 6.08 Å². The highest BCUT2D eigenvalue weighted by Crippen LogP contribution is 2.62. The highest BCUT2D eigenvalue weighted by atomic mass is 16.5. The zero-order valence-electron chi connectivity index (χ0n) is 21.1. The van der Waals surface area contributed by atoms with Crippen molar-refractivity contribution in [2.24, 2.45) is 11.3 Å². The van der Waals surface area contributed by atoms with Crippen LogP contribution in [0.5, 0.6) is 0 Å². The number of ether oxygens (including phenoxy) is 1.